The zero-order valence-electron chi connectivity index (χ0n) is 6.27. The van der Waals surface area contributed by atoms with Crippen LogP contribution in [0.3, 0.4) is 0 Å². The number of rotatable bonds is 4. The smallest absolute Gasteiger partial charge is 0.219 e. The number of carbonyl (C=O) groups is 1. The third kappa shape index (κ3) is 1.88. The second-order valence-electron chi connectivity index (χ2n) is 2.06. The average Bonchev–Trinajstić information content (AvgIpc) is 2.15. The van der Waals surface area contributed by atoms with Gasteiger partial charge in [0.15, 0.2) is 6.29 Å². The Kier molecular flexibility index (Phi) is 2.95. The van der Waals surface area contributed by atoms with Crippen molar-refractivity contribution in [2.75, 3.05) is 6.73 Å². The maximum absolute atomic E-state index is 10.4. The van der Waals surface area contributed by atoms with Gasteiger partial charge in [-0.3, -0.25) is 4.79 Å². The molecule has 0 aliphatic heterocycles. The number of aldehydes is 1. The summed E-state index contributed by atoms with van der Waals surface area (Å²) in [5.41, 5.74) is 0.418. The van der Waals surface area contributed by atoms with Gasteiger partial charge in [-0.25, -0.2) is 0 Å². The standard InChI is InChI=1S/C8H7NO3/c10-5-7-3-1-2-4-8(7)12-6-9-11/h1-5H,6H2. The Bertz CT molecular complexity index is 285. The van der Waals surface area contributed by atoms with Gasteiger partial charge in [-0.15, -0.1) is 4.91 Å². The van der Waals surface area contributed by atoms with Crippen molar-refractivity contribution in [2.24, 2.45) is 5.18 Å². The van der Waals surface area contributed by atoms with E-state index in [1.807, 2.05) is 0 Å². The van der Waals surface area contributed by atoms with Gasteiger partial charge in [0.05, 0.1) is 5.56 Å². The maximum Gasteiger partial charge on any atom is 0.219 e. The van der Waals surface area contributed by atoms with Crippen LogP contribution in [-0.4, -0.2) is 13.0 Å². The fraction of sp³-hybridized carbons (Fsp3) is 0.125. The molecule has 1 aromatic rings. The molecule has 4 nitrogen and oxygen atoms in total. The Labute approximate surface area is 69.1 Å². The van der Waals surface area contributed by atoms with E-state index in [2.05, 4.69) is 5.18 Å². The summed E-state index contributed by atoms with van der Waals surface area (Å²) >= 11 is 0. The van der Waals surface area contributed by atoms with Crippen molar-refractivity contribution in [1.82, 2.24) is 0 Å². The molecule has 0 bridgehead atoms. The van der Waals surface area contributed by atoms with Crippen LogP contribution in [-0.2, 0) is 0 Å². The van der Waals surface area contributed by atoms with E-state index in [0.29, 0.717) is 17.6 Å². The highest BCUT2D eigenvalue weighted by atomic mass is 16.5. The Morgan fingerprint density at radius 2 is 2.17 bits per heavy atom. The van der Waals surface area contributed by atoms with Crippen molar-refractivity contribution in [3.05, 3.63) is 34.7 Å². The predicted octanol–water partition coefficient (Wildman–Crippen LogP) is 1.60. The molecular weight excluding hydrogens is 158 g/mol. The first-order chi connectivity index (χ1) is 5.88. The Morgan fingerprint density at radius 1 is 1.42 bits per heavy atom. The van der Waals surface area contributed by atoms with E-state index >= 15 is 0 Å². The third-order valence-corrected chi connectivity index (χ3v) is 1.32. The Hall–Kier alpha value is -1.71. The average molecular weight is 165 g/mol. The predicted molar refractivity (Wildman–Crippen MR) is 43.1 cm³/mol. The highest BCUT2D eigenvalue weighted by Crippen LogP contribution is 2.15. The zero-order valence-corrected chi connectivity index (χ0v) is 6.27. The summed E-state index contributed by atoms with van der Waals surface area (Å²) in [4.78, 5) is 20.1. The summed E-state index contributed by atoms with van der Waals surface area (Å²) in [6, 6.07) is 6.64. The molecule has 0 aliphatic rings. The van der Waals surface area contributed by atoms with Gasteiger partial charge in [-0.05, 0) is 17.3 Å². The first kappa shape index (κ1) is 8.39. The van der Waals surface area contributed by atoms with Crippen LogP contribution in [0.2, 0.25) is 0 Å². The zero-order chi connectivity index (χ0) is 8.81. The van der Waals surface area contributed by atoms with Gasteiger partial charge in [-0.2, -0.15) is 0 Å². The first-order valence-electron chi connectivity index (χ1n) is 3.34. The van der Waals surface area contributed by atoms with E-state index in [1.165, 1.54) is 0 Å². The van der Waals surface area contributed by atoms with Crippen molar-refractivity contribution in [3.63, 3.8) is 0 Å². The highest BCUT2D eigenvalue weighted by molar-refractivity contribution is 5.79. The van der Waals surface area contributed by atoms with Gasteiger partial charge in [0.2, 0.25) is 6.73 Å². The van der Waals surface area contributed by atoms with Crippen molar-refractivity contribution < 1.29 is 9.53 Å². The summed E-state index contributed by atoms with van der Waals surface area (Å²) in [6.45, 7) is -0.273. The van der Waals surface area contributed by atoms with Gasteiger partial charge in [-0.1, -0.05) is 12.1 Å². The van der Waals surface area contributed by atoms with Crippen LogP contribution in [0, 0.1) is 4.91 Å². The Balaban J connectivity index is 2.81. The van der Waals surface area contributed by atoms with E-state index in [0.717, 1.165) is 0 Å². The summed E-state index contributed by atoms with van der Waals surface area (Å²) in [6.07, 6.45) is 0.667. The van der Waals surface area contributed by atoms with Crippen molar-refractivity contribution >= 4 is 6.29 Å². The molecule has 4 heteroatoms. The molecule has 0 saturated carbocycles. The quantitative estimate of drug-likeness (QED) is 0.503. The van der Waals surface area contributed by atoms with E-state index < -0.39 is 0 Å². The number of para-hydroxylation sites is 1. The number of nitroso groups, excluding NO2 is 1. The van der Waals surface area contributed by atoms with E-state index in [4.69, 9.17) is 4.74 Å². The minimum atomic E-state index is -0.273. The Morgan fingerprint density at radius 3 is 2.83 bits per heavy atom. The SMILES string of the molecule is O=Cc1ccccc1OCN=O. The monoisotopic (exact) mass is 165 g/mol. The minimum absolute atomic E-state index is 0.273. The summed E-state index contributed by atoms with van der Waals surface area (Å²) in [5, 5.41) is 2.52. The molecule has 0 aliphatic carbocycles. The minimum Gasteiger partial charge on any atom is -0.467 e. The molecule has 1 aromatic carbocycles. The number of hydrogen-bond acceptors (Lipinski definition) is 4. The van der Waals surface area contributed by atoms with Crippen molar-refractivity contribution in [1.29, 1.82) is 0 Å². The molecule has 0 amide bonds. The van der Waals surface area contributed by atoms with Crippen molar-refractivity contribution in [2.45, 2.75) is 0 Å². The van der Waals surface area contributed by atoms with E-state index in [1.54, 1.807) is 24.3 Å². The van der Waals surface area contributed by atoms with E-state index in [9.17, 15) is 9.70 Å². The molecule has 0 N–H and O–H groups in total. The lowest BCUT2D eigenvalue weighted by molar-refractivity contribution is 0.111. The largest absolute Gasteiger partial charge is 0.467 e. The van der Waals surface area contributed by atoms with Gasteiger partial charge in [0, 0.05) is 0 Å². The molecule has 0 heterocycles. The number of benzene rings is 1. The molecule has 0 spiro atoms. The van der Waals surface area contributed by atoms with Gasteiger partial charge >= 0.3 is 0 Å². The highest BCUT2D eigenvalue weighted by Gasteiger charge is 1.99. The number of carbonyl (C=O) groups excluding carboxylic acids is 1. The van der Waals surface area contributed by atoms with Gasteiger partial charge in [0.25, 0.3) is 0 Å². The second kappa shape index (κ2) is 4.23. The van der Waals surface area contributed by atoms with Crippen LogP contribution in [0.25, 0.3) is 0 Å². The summed E-state index contributed by atoms with van der Waals surface area (Å²) in [5.74, 6) is 0.382. The second-order valence-corrected chi connectivity index (χ2v) is 2.06. The van der Waals surface area contributed by atoms with Crippen LogP contribution in [0.1, 0.15) is 10.4 Å². The molecule has 0 aromatic heterocycles. The molecule has 62 valence electrons. The lowest BCUT2D eigenvalue weighted by Crippen LogP contribution is -1.95. The molecular formula is C8H7NO3. The summed E-state index contributed by atoms with van der Waals surface area (Å²) < 4.78 is 4.87. The number of ether oxygens (including phenoxy) is 1. The molecule has 0 unspecified atom stereocenters. The van der Waals surface area contributed by atoms with Gasteiger partial charge < -0.3 is 4.74 Å². The molecule has 0 fully saturated rings. The normalized spacial score (nSPS) is 9.00. The van der Waals surface area contributed by atoms with Crippen LogP contribution in [0.5, 0.6) is 5.75 Å². The lowest BCUT2D eigenvalue weighted by Gasteiger charge is -2.02. The van der Waals surface area contributed by atoms with Crippen LogP contribution in [0.4, 0.5) is 0 Å². The maximum atomic E-state index is 10.4. The van der Waals surface area contributed by atoms with Crippen molar-refractivity contribution in [3.8, 4) is 5.75 Å². The third-order valence-electron chi connectivity index (χ3n) is 1.32. The fourth-order valence-corrected chi connectivity index (χ4v) is 0.805. The number of nitrogens with zero attached hydrogens (tertiary/aromatic N) is 1. The lowest BCUT2D eigenvalue weighted by atomic mass is 10.2. The van der Waals surface area contributed by atoms with E-state index in [-0.39, 0.29) is 6.73 Å². The molecule has 0 atom stereocenters. The van der Waals surface area contributed by atoms with Crippen LogP contribution in [0.15, 0.2) is 29.4 Å². The fourth-order valence-electron chi connectivity index (χ4n) is 0.805. The van der Waals surface area contributed by atoms with Crippen LogP contribution >= 0.6 is 0 Å². The molecule has 0 radical (unpaired) electrons. The molecule has 12 heavy (non-hydrogen) atoms. The summed E-state index contributed by atoms with van der Waals surface area (Å²) in [7, 11) is 0. The molecule has 0 saturated heterocycles. The number of hydrogen-bond donors (Lipinski definition) is 0. The van der Waals surface area contributed by atoms with Gasteiger partial charge in [0.1, 0.15) is 5.75 Å². The molecule has 1 rings (SSSR count). The van der Waals surface area contributed by atoms with Crippen LogP contribution < -0.4 is 4.74 Å². The topological polar surface area (TPSA) is 55.7 Å². The first-order valence-corrected chi connectivity index (χ1v) is 3.34.